The Morgan fingerprint density at radius 3 is 2.92 bits per heavy atom. The minimum absolute atomic E-state index is 0.142. The Hall–Kier alpha value is -1.13. The summed E-state index contributed by atoms with van der Waals surface area (Å²) >= 11 is 0. The molecule has 0 bridgehead atoms. The van der Waals surface area contributed by atoms with Gasteiger partial charge < -0.3 is 15.6 Å². The summed E-state index contributed by atoms with van der Waals surface area (Å²) in [5.74, 6) is 0.142. The zero-order valence-corrected chi connectivity index (χ0v) is 6.90. The molecule has 66 valence electrons. The SMILES string of the molecule is COCC(N)c1ccc(O)cn1. The number of ether oxygens (including phenoxy) is 1. The van der Waals surface area contributed by atoms with E-state index in [0.29, 0.717) is 6.61 Å². The number of aromatic hydroxyl groups is 1. The van der Waals surface area contributed by atoms with Crippen LogP contribution < -0.4 is 5.73 Å². The fourth-order valence-electron chi connectivity index (χ4n) is 0.882. The van der Waals surface area contributed by atoms with E-state index in [4.69, 9.17) is 15.6 Å². The van der Waals surface area contributed by atoms with Crippen LogP contribution in [0.25, 0.3) is 0 Å². The molecule has 0 amide bonds. The second kappa shape index (κ2) is 4.04. The van der Waals surface area contributed by atoms with Crippen LogP contribution in [0.2, 0.25) is 0 Å². The molecule has 0 aliphatic rings. The molecular weight excluding hydrogens is 156 g/mol. The first-order chi connectivity index (χ1) is 5.74. The zero-order chi connectivity index (χ0) is 8.97. The van der Waals surface area contributed by atoms with Gasteiger partial charge >= 0.3 is 0 Å². The van der Waals surface area contributed by atoms with Gasteiger partial charge in [0.25, 0.3) is 0 Å². The van der Waals surface area contributed by atoms with E-state index in [1.807, 2.05) is 0 Å². The Kier molecular flexibility index (Phi) is 3.01. The lowest BCUT2D eigenvalue weighted by Crippen LogP contribution is -2.17. The van der Waals surface area contributed by atoms with E-state index < -0.39 is 0 Å². The Balaban J connectivity index is 2.68. The molecule has 1 aromatic rings. The standard InChI is InChI=1S/C8H12N2O2/c1-12-5-7(9)8-3-2-6(11)4-10-8/h2-4,7,11H,5,9H2,1H3. The second-order valence-corrected chi connectivity index (χ2v) is 2.50. The molecule has 1 unspecified atom stereocenters. The lowest BCUT2D eigenvalue weighted by Gasteiger charge is -2.08. The van der Waals surface area contributed by atoms with Gasteiger partial charge in [-0.2, -0.15) is 0 Å². The third-order valence-electron chi connectivity index (χ3n) is 1.50. The normalized spacial score (nSPS) is 12.8. The predicted molar refractivity (Wildman–Crippen MR) is 44.7 cm³/mol. The van der Waals surface area contributed by atoms with Crippen LogP contribution in [0.3, 0.4) is 0 Å². The topological polar surface area (TPSA) is 68.4 Å². The van der Waals surface area contributed by atoms with Gasteiger partial charge in [0.15, 0.2) is 0 Å². The van der Waals surface area contributed by atoms with Crippen LogP contribution in [0.5, 0.6) is 5.75 Å². The number of pyridine rings is 1. The summed E-state index contributed by atoms with van der Waals surface area (Å²) in [6.07, 6.45) is 1.37. The molecule has 4 heteroatoms. The van der Waals surface area contributed by atoms with E-state index in [1.165, 1.54) is 6.20 Å². The number of hydrogen-bond donors (Lipinski definition) is 2. The van der Waals surface area contributed by atoms with Crippen molar-refractivity contribution in [3.8, 4) is 5.75 Å². The van der Waals surface area contributed by atoms with Crippen LogP contribution in [0.15, 0.2) is 18.3 Å². The highest BCUT2D eigenvalue weighted by atomic mass is 16.5. The van der Waals surface area contributed by atoms with Crippen LogP contribution in [-0.2, 0) is 4.74 Å². The Morgan fingerprint density at radius 1 is 1.67 bits per heavy atom. The molecule has 0 saturated carbocycles. The maximum Gasteiger partial charge on any atom is 0.133 e. The minimum atomic E-state index is -0.226. The third-order valence-corrected chi connectivity index (χ3v) is 1.50. The van der Waals surface area contributed by atoms with Crippen molar-refractivity contribution >= 4 is 0 Å². The molecule has 4 nitrogen and oxygen atoms in total. The molecule has 0 aliphatic carbocycles. The van der Waals surface area contributed by atoms with Gasteiger partial charge in [-0.3, -0.25) is 4.98 Å². The molecule has 0 aromatic carbocycles. The van der Waals surface area contributed by atoms with Crippen molar-refractivity contribution in [1.82, 2.24) is 4.98 Å². The molecular formula is C8H12N2O2. The summed E-state index contributed by atoms with van der Waals surface area (Å²) in [4.78, 5) is 3.94. The number of hydrogen-bond acceptors (Lipinski definition) is 4. The first kappa shape index (κ1) is 8.96. The fourth-order valence-corrected chi connectivity index (χ4v) is 0.882. The highest BCUT2D eigenvalue weighted by Gasteiger charge is 2.05. The van der Waals surface area contributed by atoms with Crippen molar-refractivity contribution in [2.45, 2.75) is 6.04 Å². The largest absolute Gasteiger partial charge is 0.506 e. The Morgan fingerprint density at radius 2 is 2.42 bits per heavy atom. The summed E-state index contributed by atoms with van der Waals surface area (Å²) < 4.78 is 4.86. The Labute approximate surface area is 71.0 Å². The summed E-state index contributed by atoms with van der Waals surface area (Å²) in [6.45, 7) is 0.428. The van der Waals surface area contributed by atoms with Crippen LogP contribution in [0.4, 0.5) is 0 Å². The van der Waals surface area contributed by atoms with Gasteiger partial charge in [-0.05, 0) is 12.1 Å². The van der Waals surface area contributed by atoms with Gasteiger partial charge in [0.1, 0.15) is 5.75 Å². The van der Waals surface area contributed by atoms with Crippen LogP contribution in [0.1, 0.15) is 11.7 Å². The van der Waals surface area contributed by atoms with E-state index in [0.717, 1.165) is 5.69 Å². The number of nitrogens with two attached hydrogens (primary N) is 1. The molecule has 0 spiro atoms. The van der Waals surface area contributed by atoms with E-state index in [-0.39, 0.29) is 11.8 Å². The molecule has 0 aliphatic heterocycles. The van der Waals surface area contributed by atoms with Gasteiger partial charge in [-0.25, -0.2) is 0 Å². The van der Waals surface area contributed by atoms with Crippen molar-refractivity contribution in [3.05, 3.63) is 24.0 Å². The molecule has 3 N–H and O–H groups in total. The Bertz CT molecular complexity index is 235. The van der Waals surface area contributed by atoms with E-state index in [1.54, 1.807) is 19.2 Å². The number of rotatable bonds is 3. The lowest BCUT2D eigenvalue weighted by molar-refractivity contribution is 0.179. The first-order valence-corrected chi connectivity index (χ1v) is 3.63. The van der Waals surface area contributed by atoms with E-state index in [9.17, 15) is 0 Å². The first-order valence-electron chi connectivity index (χ1n) is 3.63. The molecule has 0 saturated heterocycles. The van der Waals surface area contributed by atoms with E-state index >= 15 is 0 Å². The van der Waals surface area contributed by atoms with Crippen LogP contribution >= 0.6 is 0 Å². The molecule has 12 heavy (non-hydrogen) atoms. The molecule has 1 heterocycles. The van der Waals surface area contributed by atoms with Gasteiger partial charge in [0.05, 0.1) is 24.5 Å². The van der Waals surface area contributed by atoms with Crippen molar-refractivity contribution in [2.24, 2.45) is 5.73 Å². The van der Waals surface area contributed by atoms with Crippen LogP contribution in [-0.4, -0.2) is 23.8 Å². The smallest absolute Gasteiger partial charge is 0.133 e. The lowest BCUT2D eigenvalue weighted by atomic mass is 10.2. The minimum Gasteiger partial charge on any atom is -0.506 e. The number of nitrogens with zero attached hydrogens (tertiary/aromatic N) is 1. The average molecular weight is 168 g/mol. The van der Waals surface area contributed by atoms with Gasteiger partial charge in [-0.15, -0.1) is 0 Å². The molecule has 0 radical (unpaired) electrons. The van der Waals surface area contributed by atoms with Crippen molar-refractivity contribution in [1.29, 1.82) is 0 Å². The summed E-state index contributed by atoms with van der Waals surface area (Å²) in [6, 6.07) is 3.01. The van der Waals surface area contributed by atoms with Gasteiger partial charge in [0.2, 0.25) is 0 Å². The summed E-state index contributed by atoms with van der Waals surface area (Å²) in [5.41, 5.74) is 6.40. The zero-order valence-electron chi connectivity index (χ0n) is 6.90. The second-order valence-electron chi connectivity index (χ2n) is 2.50. The number of methoxy groups -OCH3 is 1. The quantitative estimate of drug-likeness (QED) is 0.686. The molecule has 1 atom stereocenters. The maximum atomic E-state index is 8.93. The van der Waals surface area contributed by atoms with Gasteiger partial charge in [-0.1, -0.05) is 0 Å². The highest BCUT2D eigenvalue weighted by Crippen LogP contribution is 2.11. The third kappa shape index (κ3) is 2.18. The summed E-state index contributed by atoms with van der Waals surface area (Å²) in [5, 5.41) is 8.93. The molecule has 0 fully saturated rings. The average Bonchev–Trinajstić information content (AvgIpc) is 2.06. The van der Waals surface area contributed by atoms with Crippen molar-refractivity contribution in [2.75, 3.05) is 13.7 Å². The summed E-state index contributed by atoms with van der Waals surface area (Å²) in [7, 11) is 1.58. The predicted octanol–water partition coefficient (Wildman–Crippen LogP) is 0.433. The monoisotopic (exact) mass is 168 g/mol. The van der Waals surface area contributed by atoms with Crippen molar-refractivity contribution < 1.29 is 9.84 Å². The van der Waals surface area contributed by atoms with Crippen molar-refractivity contribution in [3.63, 3.8) is 0 Å². The molecule has 1 aromatic heterocycles. The number of aromatic nitrogens is 1. The highest BCUT2D eigenvalue weighted by molar-refractivity contribution is 5.19. The van der Waals surface area contributed by atoms with E-state index in [2.05, 4.69) is 4.98 Å². The van der Waals surface area contributed by atoms with Crippen LogP contribution in [0, 0.1) is 0 Å². The fraction of sp³-hybridized carbons (Fsp3) is 0.375. The van der Waals surface area contributed by atoms with Gasteiger partial charge in [0, 0.05) is 7.11 Å². The maximum absolute atomic E-state index is 8.93. The molecule has 1 rings (SSSR count).